The standard InChI is InChI=1S/C12H15Br2N3O.ClH/c1-16-2-4-17(5-3-16)15-8-9-6-10(13)7-11(14)12(9)18;/h6-8,18H,2-5H2,1H3;1H. The Kier molecular flexibility index (Phi) is 6.59. The second-order valence-corrected chi connectivity index (χ2v) is 6.10. The van der Waals surface area contributed by atoms with E-state index < -0.39 is 0 Å². The Morgan fingerprint density at radius 2 is 1.84 bits per heavy atom. The normalized spacial score (nSPS) is 16.7. The number of hydrogen-bond donors (Lipinski definition) is 1. The molecule has 0 aromatic heterocycles. The second kappa shape index (κ2) is 7.47. The largest absolute Gasteiger partial charge is 0.506 e. The molecule has 1 aromatic rings. The highest BCUT2D eigenvalue weighted by Crippen LogP contribution is 2.30. The molecule has 1 fully saturated rings. The molecule has 1 N–H and O–H groups in total. The molecule has 106 valence electrons. The van der Waals surface area contributed by atoms with E-state index in [4.69, 9.17) is 0 Å². The average molecular weight is 414 g/mol. The number of halogens is 3. The third-order valence-corrected chi connectivity index (χ3v) is 3.96. The molecule has 0 aliphatic carbocycles. The summed E-state index contributed by atoms with van der Waals surface area (Å²) in [6.45, 7) is 3.88. The van der Waals surface area contributed by atoms with Crippen LogP contribution in [0.2, 0.25) is 0 Å². The summed E-state index contributed by atoms with van der Waals surface area (Å²) in [6, 6.07) is 3.65. The lowest BCUT2D eigenvalue weighted by Crippen LogP contribution is -2.41. The van der Waals surface area contributed by atoms with E-state index in [2.05, 4.69) is 48.9 Å². The molecule has 0 bridgehead atoms. The zero-order chi connectivity index (χ0) is 13.1. The van der Waals surface area contributed by atoms with E-state index in [1.54, 1.807) is 6.21 Å². The fraction of sp³-hybridized carbons (Fsp3) is 0.417. The number of phenolic OH excluding ortho intramolecular Hbond substituents is 1. The lowest BCUT2D eigenvalue weighted by Gasteiger charge is -2.30. The van der Waals surface area contributed by atoms with Crippen LogP contribution in [0.25, 0.3) is 0 Å². The van der Waals surface area contributed by atoms with Gasteiger partial charge in [-0.15, -0.1) is 12.4 Å². The Balaban J connectivity index is 0.00000180. The third kappa shape index (κ3) is 4.63. The Morgan fingerprint density at radius 3 is 2.47 bits per heavy atom. The van der Waals surface area contributed by atoms with Crippen LogP contribution >= 0.6 is 44.3 Å². The van der Waals surface area contributed by atoms with Crippen LogP contribution in [0.15, 0.2) is 26.2 Å². The van der Waals surface area contributed by atoms with E-state index >= 15 is 0 Å². The molecule has 0 saturated carbocycles. The topological polar surface area (TPSA) is 39.1 Å². The molecule has 19 heavy (non-hydrogen) atoms. The van der Waals surface area contributed by atoms with Gasteiger partial charge in [0.15, 0.2) is 0 Å². The van der Waals surface area contributed by atoms with Crippen molar-refractivity contribution in [2.24, 2.45) is 5.10 Å². The van der Waals surface area contributed by atoms with Crippen LogP contribution < -0.4 is 0 Å². The number of benzene rings is 1. The fourth-order valence-corrected chi connectivity index (χ4v) is 3.00. The fourth-order valence-electron chi connectivity index (χ4n) is 1.74. The van der Waals surface area contributed by atoms with Crippen molar-refractivity contribution in [1.82, 2.24) is 9.91 Å². The molecule has 0 amide bonds. The van der Waals surface area contributed by atoms with Gasteiger partial charge in [-0.2, -0.15) is 5.10 Å². The molecule has 1 saturated heterocycles. The van der Waals surface area contributed by atoms with Gasteiger partial charge in [0.25, 0.3) is 0 Å². The number of hydrazone groups is 1. The maximum atomic E-state index is 9.91. The maximum Gasteiger partial charge on any atom is 0.138 e. The van der Waals surface area contributed by atoms with Gasteiger partial charge in [-0.1, -0.05) is 15.9 Å². The minimum Gasteiger partial charge on any atom is -0.506 e. The van der Waals surface area contributed by atoms with Crippen molar-refractivity contribution in [2.75, 3.05) is 33.2 Å². The number of nitrogens with zero attached hydrogens (tertiary/aromatic N) is 3. The summed E-state index contributed by atoms with van der Waals surface area (Å²) < 4.78 is 1.57. The van der Waals surface area contributed by atoms with E-state index in [0.717, 1.165) is 30.7 Å². The van der Waals surface area contributed by atoms with Crippen LogP contribution in [0.1, 0.15) is 5.56 Å². The first kappa shape index (κ1) is 16.8. The van der Waals surface area contributed by atoms with Gasteiger partial charge in [0.2, 0.25) is 0 Å². The van der Waals surface area contributed by atoms with Crippen LogP contribution in [0.3, 0.4) is 0 Å². The Bertz CT molecular complexity index is 463. The van der Waals surface area contributed by atoms with E-state index in [-0.39, 0.29) is 18.2 Å². The minimum absolute atomic E-state index is 0. The van der Waals surface area contributed by atoms with Crippen molar-refractivity contribution < 1.29 is 5.11 Å². The van der Waals surface area contributed by atoms with Crippen LogP contribution in [-0.4, -0.2) is 54.5 Å². The molecule has 0 radical (unpaired) electrons. The summed E-state index contributed by atoms with van der Waals surface area (Å²) in [5, 5.41) is 16.3. The zero-order valence-electron chi connectivity index (χ0n) is 10.5. The molecule has 4 nitrogen and oxygen atoms in total. The summed E-state index contributed by atoms with van der Waals surface area (Å²) in [7, 11) is 2.11. The van der Waals surface area contributed by atoms with Crippen LogP contribution in [-0.2, 0) is 0 Å². The van der Waals surface area contributed by atoms with E-state index in [9.17, 15) is 5.11 Å². The molecular weight excluding hydrogens is 397 g/mol. The predicted octanol–water partition coefficient (Wildman–Crippen LogP) is 2.92. The summed E-state index contributed by atoms with van der Waals surface area (Å²) in [5.41, 5.74) is 0.704. The first-order chi connectivity index (χ1) is 8.56. The lowest BCUT2D eigenvalue weighted by molar-refractivity contribution is 0.159. The van der Waals surface area contributed by atoms with Crippen molar-refractivity contribution in [2.45, 2.75) is 0 Å². The van der Waals surface area contributed by atoms with Gasteiger partial charge in [0.1, 0.15) is 5.75 Å². The number of phenols is 1. The molecule has 1 aromatic carbocycles. The highest BCUT2D eigenvalue weighted by Gasteiger charge is 2.11. The summed E-state index contributed by atoms with van der Waals surface area (Å²) in [4.78, 5) is 2.28. The van der Waals surface area contributed by atoms with Crippen molar-refractivity contribution in [3.63, 3.8) is 0 Å². The quantitative estimate of drug-likeness (QED) is 0.758. The van der Waals surface area contributed by atoms with Crippen LogP contribution in [0.4, 0.5) is 0 Å². The average Bonchev–Trinajstić information content (AvgIpc) is 2.34. The molecule has 2 rings (SSSR count). The Labute approximate surface area is 136 Å². The first-order valence-corrected chi connectivity index (χ1v) is 7.30. The molecule has 1 aliphatic heterocycles. The molecular formula is C12H16Br2ClN3O. The van der Waals surface area contributed by atoms with Gasteiger partial charge in [0, 0.05) is 36.2 Å². The maximum absolute atomic E-state index is 9.91. The van der Waals surface area contributed by atoms with Crippen LogP contribution in [0.5, 0.6) is 5.75 Å². The van der Waals surface area contributed by atoms with Gasteiger partial charge in [-0.25, -0.2) is 0 Å². The Hall–Kier alpha value is -0.300. The van der Waals surface area contributed by atoms with Crippen LogP contribution in [0, 0.1) is 0 Å². The Morgan fingerprint density at radius 1 is 1.21 bits per heavy atom. The first-order valence-electron chi connectivity index (χ1n) is 5.72. The number of likely N-dealkylation sites (N-methyl/N-ethyl adjacent to an activating group) is 1. The summed E-state index contributed by atoms with van der Waals surface area (Å²) in [6.07, 6.45) is 1.70. The van der Waals surface area contributed by atoms with Gasteiger partial charge < -0.3 is 10.0 Å². The van der Waals surface area contributed by atoms with Crippen molar-refractivity contribution in [3.8, 4) is 5.75 Å². The van der Waals surface area contributed by atoms with E-state index in [0.29, 0.717) is 10.0 Å². The highest BCUT2D eigenvalue weighted by molar-refractivity contribution is 9.11. The second-order valence-electron chi connectivity index (χ2n) is 4.33. The minimum atomic E-state index is 0. The van der Waals surface area contributed by atoms with E-state index in [1.165, 1.54) is 0 Å². The highest BCUT2D eigenvalue weighted by atomic mass is 79.9. The number of hydrogen-bond acceptors (Lipinski definition) is 4. The van der Waals surface area contributed by atoms with Gasteiger partial charge in [-0.3, -0.25) is 5.01 Å². The molecule has 1 heterocycles. The smallest absolute Gasteiger partial charge is 0.138 e. The van der Waals surface area contributed by atoms with Crippen molar-refractivity contribution in [1.29, 1.82) is 0 Å². The SMILES string of the molecule is CN1CCN(N=Cc2cc(Br)cc(Br)c2O)CC1.Cl. The third-order valence-electron chi connectivity index (χ3n) is 2.90. The molecule has 0 unspecified atom stereocenters. The lowest BCUT2D eigenvalue weighted by atomic mass is 10.2. The predicted molar refractivity (Wildman–Crippen MR) is 87.4 cm³/mol. The van der Waals surface area contributed by atoms with Gasteiger partial charge in [-0.05, 0) is 35.1 Å². The molecule has 7 heteroatoms. The zero-order valence-corrected chi connectivity index (χ0v) is 14.5. The summed E-state index contributed by atoms with van der Waals surface area (Å²) in [5.74, 6) is 0.219. The molecule has 0 spiro atoms. The van der Waals surface area contributed by atoms with Gasteiger partial charge >= 0.3 is 0 Å². The molecule has 1 aliphatic rings. The number of piperazine rings is 1. The number of aromatic hydroxyl groups is 1. The summed E-state index contributed by atoms with van der Waals surface area (Å²) >= 11 is 6.71. The van der Waals surface area contributed by atoms with Crippen molar-refractivity contribution in [3.05, 3.63) is 26.6 Å². The van der Waals surface area contributed by atoms with E-state index in [1.807, 2.05) is 17.1 Å². The number of rotatable bonds is 2. The molecule has 0 atom stereocenters. The monoisotopic (exact) mass is 411 g/mol. The van der Waals surface area contributed by atoms with Gasteiger partial charge in [0.05, 0.1) is 10.7 Å². The van der Waals surface area contributed by atoms with Crippen molar-refractivity contribution >= 4 is 50.5 Å².